The molecule has 4 heterocycles. The summed E-state index contributed by atoms with van der Waals surface area (Å²) in [5.41, 5.74) is 8.82. The number of anilines is 1. The summed E-state index contributed by atoms with van der Waals surface area (Å²) in [4.78, 5) is 4.27. The Morgan fingerprint density at radius 3 is 2.85 bits per heavy atom. The molecule has 0 bridgehead atoms. The number of hydrogen-bond donors (Lipinski definition) is 2. The first-order chi connectivity index (χ1) is 12.8. The summed E-state index contributed by atoms with van der Waals surface area (Å²) in [5, 5.41) is 15.5. The maximum Gasteiger partial charge on any atom is 0.166 e. The van der Waals surface area contributed by atoms with E-state index in [9.17, 15) is 0 Å². The van der Waals surface area contributed by atoms with E-state index in [4.69, 9.17) is 10.5 Å². The predicted molar refractivity (Wildman–Crippen MR) is 97.4 cm³/mol. The van der Waals surface area contributed by atoms with Gasteiger partial charge in [0.2, 0.25) is 0 Å². The van der Waals surface area contributed by atoms with Gasteiger partial charge in [-0.05, 0) is 38.1 Å². The Balaban J connectivity index is 1.51. The molecule has 8 nitrogen and oxygen atoms in total. The van der Waals surface area contributed by atoms with Crippen molar-refractivity contribution in [3.63, 3.8) is 0 Å². The highest BCUT2D eigenvalue weighted by molar-refractivity contribution is 5.65. The van der Waals surface area contributed by atoms with Crippen molar-refractivity contribution in [3.05, 3.63) is 48.7 Å². The van der Waals surface area contributed by atoms with Crippen LogP contribution in [0.3, 0.4) is 0 Å². The van der Waals surface area contributed by atoms with E-state index in [0.29, 0.717) is 24.2 Å². The minimum atomic E-state index is 0.360. The van der Waals surface area contributed by atoms with Gasteiger partial charge in [-0.3, -0.25) is 4.68 Å². The summed E-state index contributed by atoms with van der Waals surface area (Å²) in [6.07, 6.45) is 11.2. The Morgan fingerprint density at radius 1 is 1.15 bits per heavy atom. The molecule has 0 amide bonds. The van der Waals surface area contributed by atoms with E-state index in [1.807, 2.05) is 18.3 Å². The SMILES string of the molecule is Nc1ncc(-c2cnn(C3CCNCC3)c2)cc1OCc1ccnnc1. The highest BCUT2D eigenvalue weighted by Gasteiger charge is 2.16. The summed E-state index contributed by atoms with van der Waals surface area (Å²) in [7, 11) is 0. The Bertz CT molecular complexity index is 859. The molecule has 0 spiro atoms. The van der Waals surface area contributed by atoms with Crippen LogP contribution in [0.25, 0.3) is 11.1 Å². The van der Waals surface area contributed by atoms with E-state index in [0.717, 1.165) is 42.6 Å². The van der Waals surface area contributed by atoms with Gasteiger partial charge in [-0.15, -0.1) is 0 Å². The van der Waals surface area contributed by atoms with Crippen molar-refractivity contribution >= 4 is 5.82 Å². The minimum Gasteiger partial charge on any atom is -0.485 e. The lowest BCUT2D eigenvalue weighted by Crippen LogP contribution is -2.29. The molecule has 0 aromatic carbocycles. The van der Waals surface area contributed by atoms with E-state index in [1.165, 1.54) is 0 Å². The molecule has 134 valence electrons. The van der Waals surface area contributed by atoms with E-state index in [2.05, 4.69) is 36.5 Å². The molecule has 0 aliphatic carbocycles. The number of ether oxygens (including phenoxy) is 1. The van der Waals surface area contributed by atoms with Crippen LogP contribution in [0, 0.1) is 0 Å². The molecule has 1 fully saturated rings. The highest BCUT2D eigenvalue weighted by Crippen LogP contribution is 2.28. The van der Waals surface area contributed by atoms with Gasteiger partial charge >= 0.3 is 0 Å². The Labute approximate surface area is 151 Å². The van der Waals surface area contributed by atoms with Crippen LogP contribution < -0.4 is 15.8 Å². The van der Waals surface area contributed by atoms with Gasteiger partial charge in [-0.1, -0.05) is 0 Å². The van der Waals surface area contributed by atoms with E-state index in [-0.39, 0.29) is 0 Å². The second kappa shape index (κ2) is 7.49. The van der Waals surface area contributed by atoms with Crippen molar-refractivity contribution in [3.8, 4) is 16.9 Å². The molecule has 3 aromatic heterocycles. The number of piperidine rings is 1. The number of nitrogens with zero attached hydrogens (tertiary/aromatic N) is 5. The number of pyridine rings is 1. The monoisotopic (exact) mass is 351 g/mol. The van der Waals surface area contributed by atoms with E-state index >= 15 is 0 Å². The van der Waals surface area contributed by atoms with Gasteiger partial charge in [0, 0.05) is 35.3 Å². The zero-order chi connectivity index (χ0) is 17.8. The maximum absolute atomic E-state index is 5.96. The fraction of sp³-hybridized carbons (Fsp3) is 0.333. The second-order valence-corrected chi connectivity index (χ2v) is 6.34. The Morgan fingerprint density at radius 2 is 2.04 bits per heavy atom. The molecule has 0 unspecified atom stereocenters. The van der Waals surface area contributed by atoms with Gasteiger partial charge in [0.1, 0.15) is 6.61 Å². The van der Waals surface area contributed by atoms with Gasteiger partial charge < -0.3 is 15.8 Å². The highest BCUT2D eigenvalue weighted by atomic mass is 16.5. The van der Waals surface area contributed by atoms with Crippen molar-refractivity contribution in [1.82, 2.24) is 30.3 Å². The third kappa shape index (κ3) is 3.65. The molecular formula is C18H21N7O. The smallest absolute Gasteiger partial charge is 0.166 e. The third-order valence-electron chi connectivity index (χ3n) is 4.54. The number of nitrogen functional groups attached to an aromatic ring is 1. The van der Waals surface area contributed by atoms with Crippen LogP contribution in [0.2, 0.25) is 0 Å². The molecule has 0 atom stereocenters. The molecule has 3 N–H and O–H groups in total. The van der Waals surface area contributed by atoms with Gasteiger partial charge in [-0.25, -0.2) is 4.98 Å². The van der Waals surface area contributed by atoms with Crippen molar-refractivity contribution in [1.29, 1.82) is 0 Å². The lowest BCUT2D eigenvalue weighted by Gasteiger charge is -2.22. The van der Waals surface area contributed by atoms with E-state index in [1.54, 1.807) is 18.6 Å². The molecule has 1 aliphatic heterocycles. The zero-order valence-electron chi connectivity index (χ0n) is 14.4. The van der Waals surface area contributed by atoms with Crippen molar-refractivity contribution in [2.75, 3.05) is 18.8 Å². The zero-order valence-corrected chi connectivity index (χ0v) is 14.4. The molecule has 26 heavy (non-hydrogen) atoms. The topological polar surface area (TPSA) is 104 Å². The second-order valence-electron chi connectivity index (χ2n) is 6.34. The standard InChI is InChI=1S/C18H21N7O/c19-18-17(26-12-13-1-6-22-23-8-13)7-14(9-21-18)15-10-24-25(11-15)16-2-4-20-5-3-16/h1,6-11,16,20H,2-5,12H2,(H2,19,21). The summed E-state index contributed by atoms with van der Waals surface area (Å²) >= 11 is 0. The molecule has 1 saturated heterocycles. The van der Waals surface area contributed by atoms with Crippen molar-refractivity contribution < 1.29 is 4.74 Å². The summed E-state index contributed by atoms with van der Waals surface area (Å²) in [5.74, 6) is 0.912. The number of hydrogen-bond acceptors (Lipinski definition) is 7. The number of nitrogens with one attached hydrogen (secondary N) is 1. The first-order valence-corrected chi connectivity index (χ1v) is 8.69. The minimum absolute atomic E-state index is 0.360. The molecule has 1 aliphatic rings. The average Bonchev–Trinajstić information content (AvgIpc) is 3.19. The average molecular weight is 351 g/mol. The summed E-state index contributed by atoms with van der Waals surface area (Å²) in [6.45, 7) is 2.43. The number of nitrogens with two attached hydrogens (primary N) is 1. The van der Waals surface area contributed by atoms with Crippen LogP contribution in [-0.2, 0) is 6.61 Å². The quantitative estimate of drug-likeness (QED) is 0.722. The fourth-order valence-corrected chi connectivity index (χ4v) is 3.05. The van der Waals surface area contributed by atoms with Crippen LogP contribution in [-0.4, -0.2) is 38.1 Å². The van der Waals surface area contributed by atoms with Crippen LogP contribution in [0.1, 0.15) is 24.4 Å². The first-order valence-electron chi connectivity index (χ1n) is 8.69. The number of rotatable bonds is 5. The van der Waals surface area contributed by atoms with Crippen molar-refractivity contribution in [2.45, 2.75) is 25.5 Å². The first kappa shape index (κ1) is 16.5. The fourth-order valence-electron chi connectivity index (χ4n) is 3.05. The van der Waals surface area contributed by atoms with Crippen LogP contribution in [0.5, 0.6) is 5.75 Å². The van der Waals surface area contributed by atoms with Gasteiger partial charge in [0.25, 0.3) is 0 Å². The molecule has 8 heteroatoms. The summed E-state index contributed by atoms with van der Waals surface area (Å²) < 4.78 is 7.87. The maximum atomic E-state index is 5.96. The Hall–Kier alpha value is -3.00. The predicted octanol–water partition coefficient (Wildman–Crippen LogP) is 1.82. The molecule has 0 radical (unpaired) electrons. The lowest BCUT2D eigenvalue weighted by molar-refractivity contribution is 0.306. The van der Waals surface area contributed by atoms with Crippen LogP contribution in [0.4, 0.5) is 5.82 Å². The molecule has 0 saturated carbocycles. The normalized spacial score (nSPS) is 15.1. The molecule has 3 aromatic rings. The lowest BCUT2D eigenvalue weighted by atomic mass is 10.1. The Kier molecular flexibility index (Phi) is 4.74. The van der Waals surface area contributed by atoms with Crippen LogP contribution >= 0.6 is 0 Å². The molecule has 4 rings (SSSR count). The largest absolute Gasteiger partial charge is 0.485 e. The molecular weight excluding hydrogens is 330 g/mol. The number of aromatic nitrogens is 5. The van der Waals surface area contributed by atoms with Gasteiger partial charge in [0.15, 0.2) is 11.6 Å². The summed E-state index contributed by atoms with van der Waals surface area (Å²) in [6, 6.07) is 4.20. The third-order valence-corrected chi connectivity index (χ3v) is 4.54. The van der Waals surface area contributed by atoms with Gasteiger partial charge in [-0.2, -0.15) is 15.3 Å². The van der Waals surface area contributed by atoms with Crippen LogP contribution in [0.15, 0.2) is 43.1 Å². The van der Waals surface area contributed by atoms with E-state index < -0.39 is 0 Å². The van der Waals surface area contributed by atoms with Crippen molar-refractivity contribution in [2.24, 2.45) is 0 Å². The van der Waals surface area contributed by atoms with Gasteiger partial charge in [0.05, 0.1) is 18.4 Å².